The zero-order chi connectivity index (χ0) is 11.9. The number of piperazine rings is 1. The van der Waals surface area contributed by atoms with E-state index in [9.17, 15) is 0 Å². The highest BCUT2D eigenvalue weighted by Crippen LogP contribution is 2.00. The number of rotatable bonds is 6. The Balaban J connectivity index is 1.51. The maximum atomic E-state index is 3.57. The highest BCUT2D eigenvalue weighted by molar-refractivity contribution is 5.08. The summed E-state index contributed by atoms with van der Waals surface area (Å²) in [5.41, 5.74) is 1.38. The molecule has 1 saturated heterocycles. The van der Waals surface area contributed by atoms with E-state index in [0.717, 1.165) is 26.1 Å². The minimum Gasteiger partial charge on any atom is -0.367 e. The van der Waals surface area contributed by atoms with E-state index in [4.69, 9.17) is 0 Å². The van der Waals surface area contributed by atoms with Gasteiger partial charge >= 0.3 is 0 Å². The molecule has 4 nitrogen and oxygen atoms in total. The third-order valence-electron chi connectivity index (χ3n) is 3.38. The molecule has 1 atom stereocenters. The molecule has 0 amide bonds. The molecule has 4 heteroatoms. The molecule has 1 aliphatic rings. The number of nitrogens with zero attached hydrogens (tertiary/aromatic N) is 1. The number of hydrogen-bond acceptors (Lipinski definition) is 3. The quantitative estimate of drug-likeness (QED) is 0.628. The molecule has 0 aromatic carbocycles. The van der Waals surface area contributed by atoms with Gasteiger partial charge < -0.3 is 20.5 Å². The molecular formula is C13H24N4. The molecule has 0 bridgehead atoms. The van der Waals surface area contributed by atoms with Crippen molar-refractivity contribution in [3.63, 3.8) is 0 Å². The predicted molar refractivity (Wildman–Crippen MR) is 71.3 cm³/mol. The van der Waals surface area contributed by atoms with E-state index in [1.165, 1.54) is 25.1 Å². The Bertz CT molecular complexity index is 296. The second kappa shape index (κ2) is 6.79. The molecule has 1 aliphatic heterocycles. The first-order valence-corrected chi connectivity index (χ1v) is 6.59. The molecule has 0 saturated carbocycles. The monoisotopic (exact) mass is 236 g/mol. The Morgan fingerprint density at radius 2 is 2.41 bits per heavy atom. The standard InChI is InChI=1S/C13H24N4/c1-17-9-8-16-13(11-17)4-7-14-5-2-12-3-6-15-10-12/h3,6,10,13-16H,2,4-5,7-9,11H2,1H3. The largest absolute Gasteiger partial charge is 0.367 e. The molecule has 1 aromatic rings. The van der Waals surface area contributed by atoms with E-state index in [-0.39, 0.29) is 0 Å². The van der Waals surface area contributed by atoms with Gasteiger partial charge in [-0.15, -0.1) is 0 Å². The van der Waals surface area contributed by atoms with E-state index in [2.05, 4.69) is 39.8 Å². The average Bonchev–Trinajstić information content (AvgIpc) is 2.82. The fraction of sp³-hybridized carbons (Fsp3) is 0.692. The maximum Gasteiger partial charge on any atom is 0.0207 e. The number of aromatic nitrogens is 1. The fourth-order valence-corrected chi connectivity index (χ4v) is 2.33. The van der Waals surface area contributed by atoms with Gasteiger partial charge in [0.25, 0.3) is 0 Å². The van der Waals surface area contributed by atoms with Crippen LogP contribution in [0.15, 0.2) is 18.5 Å². The summed E-state index contributed by atoms with van der Waals surface area (Å²) < 4.78 is 0. The van der Waals surface area contributed by atoms with E-state index < -0.39 is 0 Å². The van der Waals surface area contributed by atoms with E-state index in [1.807, 2.05) is 6.20 Å². The molecule has 0 aliphatic carbocycles. The summed E-state index contributed by atoms with van der Waals surface area (Å²) in [4.78, 5) is 5.49. The molecular weight excluding hydrogens is 212 g/mol. The molecule has 2 heterocycles. The third kappa shape index (κ3) is 4.50. The predicted octanol–water partition coefficient (Wildman–Crippen LogP) is 0.441. The molecule has 1 fully saturated rings. The van der Waals surface area contributed by atoms with Gasteiger partial charge in [-0.25, -0.2) is 0 Å². The molecule has 96 valence electrons. The topological polar surface area (TPSA) is 43.1 Å². The minimum absolute atomic E-state index is 0.661. The Labute approximate surface area is 104 Å². The SMILES string of the molecule is CN1CCNC(CCNCCc2cc[nH]c2)C1. The molecule has 0 spiro atoms. The van der Waals surface area contributed by atoms with Crippen molar-refractivity contribution in [2.45, 2.75) is 18.9 Å². The van der Waals surface area contributed by atoms with Crippen LogP contribution in [0.2, 0.25) is 0 Å². The van der Waals surface area contributed by atoms with E-state index in [0.29, 0.717) is 6.04 Å². The zero-order valence-electron chi connectivity index (χ0n) is 10.7. The van der Waals surface area contributed by atoms with Crippen LogP contribution in [0.3, 0.4) is 0 Å². The summed E-state index contributed by atoms with van der Waals surface area (Å²) in [7, 11) is 2.20. The van der Waals surface area contributed by atoms with Gasteiger partial charge in [-0.3, -0.25) is 0 Å². The number of aromatic amines is 1. The summed E-state index contributed by atoms with van der Waals surface area (Å²) >= 11 is 0. The third-order valence-corrected chi connectivity index (χ3v) is 3.38. The lowest BCUT2D eigenvalue weighted by Crippen LogP contribution is -2.49. The van der Waals surface area contributed by atoms with Crippen LogP contribution in [-0.4, -0.2) is 55.7 Å². The van der Waals surface area contributed by atoms with Gasteiger partial charge in [0.2, 0.25) is 0 Å². The van der Waals surface area contributed by atoms with Gasteiger partial charge in [-0.05, 0) is 44.6 Å². The molecule has 17 heavy (non-hydrogen) atoms. The van der Waals surface area contributed by atoms with Crippen LogP contribution in [0, 0.1) is 0 Å². The first kappa shape index (κ1) is 12.6. The number of nitrogens with one attached hydrogen (secondary N) is 3. The number of H-pyrrole nitrogens is 1. The lowest BCUT2D eigenvalue weighted by molar-refractivity contribution is 0.231. The van der Waals surface area contributed by atoms with Crippen molar-refractivity contribution < 1.29 is 0 Å². The summed E-state index contributed by atoms with van der Waals surface area (Å²) in [6, 6.07) is 2.80. The molecule has 1 aromatic heterocycles. The molecule has 0 radical (unpaired) electrons. The summed E-state index contributed by atoms with van der Waals surface area (Å²) in [6.45, 7) is 5.66. The zero-order valence-corrected chi connectivity index (χ0v) is 10.7. The normalized spacial score (nSPS) is 21.8. The van der Waals surface area contributed by atoms with Gasteiger partial charge in [0, 0.05) is 38.1 Å². The van der Waals surface area contributed by atoms with E-state index >= 15 is 0 Å². The van der Waals surface area contributed by atoms with Crippen molar-refractivity contribution in [3.8, 4) is 0 Å². The van der Waals surface area contributed by atoms with Crippen LogP contribution >= 0.6 is 0 Å². The van der Waals surface area contributed by atoms with Crippen molar-refractivity contribution in [2.75, 3.05) is 39.8 Å². The van der Waals surface area contributed by atoms with Crippen molar-refractivity contribution in [3.05, 3.63) is 24.0 Å². The van der Waals surface area contributed by atoms with Crippen molar-refractivity contribution in [1.29, 1.82) is 0 Å². The van der Waals surface area contributed by atoms with Gasteiger partial charge in [0.1, 0.15) is 0 Å². The van der Waals surface area contributed by atoms with Gasteiger partial charge in [-0.2, -0.15) is 0 Å². The first-order chi connectivity index (χ1) is 8.34. The van der Waals surface area contributed by atoms with Gasteiger partial charge in [-0.1, -0.05) is 0 Å². The second-order valence-electron chi connectivity index (χ2n) is 4.92. The first-order valence-electron chi connectivity index (χ1n) is 6.59. The highest BCUT2D eigenvalue weighted by atomic mass is 15.2. The smallest absolute Gasteiger partial charge is 0.0207 e. The maximum absolute atomic E-state index is 3.57. The van der Waals surface area contributed by atoms with Crippen LogP contribution in [0.5, 0.6) is 0 Å². The minimum atomic E-state index is 0.661. The summed E-state index contributed by atoms with van der Waals surface area (Å²) in [5.74, 6) is 0. The van der Waals surface area contributed by atoms with Crippen LogP contribution in [0.4, 0.5) is 0 Å². The average molecular weight is 236 g/mol. The van der Waals surface area contributed by atoms with Crippen molar-refractivity contribution in [2.24, 2.45) is 0 Å². The lowest BCUT2D eigenvalue weighted by Gasteiger charge is -2.30. The Hall–Kier alpha value is -0.840. The highest BCUT2D eigenvalue weighted by Gasteiger charge is 2.15. The Morgan fingerprint density at radius 1 is 1.47 bits per heavy atom. The number of hydrogen-bond donors (Lipinski definition) is 3. The van der Waals surface area contributed by atoms with Crippen LogP contribution < -0.4 is 10.6 Å². The molecule has 2 rings (SSSR count). The lowest BCUT2D eigenvalue weighted by atomic mass is 10.1. The van der Waals surface area contributed by atoms with Gasteiger partial charge in [0.05, 0.1) is 0 Å². The Kier molecular flexibility index (Phi) is 5.04. The van der Waals surface area contributed by atoms with Crippen LogP contribution in [0.1, 0.15) is 12.0 Å². The van der Waals surface area contributed by atoms with Crippen molar-refractivity contribution in [1.82, 2.24) is 20.5 Å². The number of likely N-dealkylation sites (N-methyl/N-ethyl adjacent to an activating group) is 1. The van der Waals surface area contributed by atoms with Gasteiger partial charge in [0.15, 0.2) is 0 Å². The fourth-order valence-electron chi connectivity index (χ4n) is 2.33. The molecule has 1 unspecified atom stereocenters. The summed E-state index contributed by atoms with van der Waals surface area (Å²) in [6.07, 6.45) is 6.38. The molecule has 3 N–H and O–H groups in total. The van der Waals surface area contributed by atoms with Crippen LogP contribution in [-0.2, 0) is 6.42 Å². The van der Waals surface area contributed by atoms with Crippen molar-refractivity contribution >= 4 is 0 Å². The van der Waals surface area contributed by atoms with E-state index in [1.54, 1.807) is 0 Å². The van der Waals surface area contributed by atoms with Crippen LogP contribution in [0.25, 0.3) is 0 Å². The second-order valence-corrected chi connectivity index (χ2v) is 4.92. The summed E-state index contributed by atoms with van der Waals surface area (Å²) in [5, 5.41) is 7.08. The Morgan fingerprint density at radius 3 is 3.18 bits per heavy atom.